The fourth-order valence-electron chi connectivity index (χ4n) is 4.68. The Balaban J connectivity index is 1.37. The van der Waals surface area contributed by atoms with Crippen LogP contribution >= 0.6 is 11.3 Å². The number of rotatable bonds is 6. The van der Waals surface area contributed by atoms with Gasteiger partial charge in [0, 0.05) is 23.9 Å². The van der Waals surface area contributed by atoms with Gasteiger partial charge in [0.1, 0.15) is 16.8 Å². The molecule has 4 rings (SSSR count). The second kappa shape index (κ2) is 9.63. The van der Waals surface area contributed by atoms with E-state index in [-0.39, 0.29) is 5.91 Å². The topological polar surface area (TPSA) is 65.4 Å². The predicted octanol–water partition coefficient (Wildman–Crippen LogP) is 5.06. The molecule has 1 N–H and O–H groups in total. The van der Waals surface area contributed by atoms with Gasteiger partial charge < -0.3 is 10.1 Å². The Bertz CT molecular complexity index is 929. The number of nitrogens with zero attached hydrogens (tertiary/aromatic N) is 2. The summed E-state index contributed by atoms with van der Waals surface area (Å²) >= 11 is 1.61. The minimum absolute atomic E-state index is 0.00305. The molecule has 158 valence electrons. The second-order valence-corrected chi connectivity index (χ2v) is 9.25. The minimum atomic E-state index is 0.00305. The van der Waals surface area contributed by atoms with E-state index in [2.05, 4.69) is 28.4 Å². The average molecular weight is 424 g/mol. The van der Waals surface area contributed by atoms with Crippen LogP contribution in [0.3, 0.4) is 0 Å². The number of ether oxygens (including phenoxy) is 1. The number of thiophene rings is 1. The second-order valence-electron chi connectivity index (χ2n) is 8.15. The van der Waals surface area contributed by atoms with E-state index < -0.39 is 0 Å². The number of amides is 1. The molecule has 1 aromatic carbocycles. The van der Waals surface area contributed by atoms with Crippen molar-refractivity contribution in [3.05, 3.63) is 45.8 Å². The predicted molar refractivity (Wildman–Crippen MR) is 120 cm³/mol. The van der Waals surface area contributed by atoms with Crippen molar-refractivity contribution in [3.63, 3.8) is 0 Å². The molecule has 2 aliphatic rings. The minimum Gasteiger partial charge on any atom is -0.497 e. The van der Waals surface area contributed by atoms with Gasteiger partial charge in [-0.15, -0.1) is 11.3 Å². The first-order chi connectivity index (χ1) is 14.7. The maximum atomic E-state index is 12.7. The van der Waals surface area contributed by atoms with Crippen molar-refractivity contribution in [3.8, 4) is 11.8 Å². The van der Waals surface area contributed by atoms with Crippen LogP contribution in [0, 0.1) is 11.3 Å². The van der Waals surface area contributed by atoms with Crippen molar-refractivity contribution in [2.24, 2.45) is 0 Å². The van der Waals surface area contributed by atoms with Crippen LogP contribution in [0.25, 0.3) is 0 Å². The number of hydrogen-bond acceptors (Lipinski definition) is 5. The lowest BCUT2D eigenvalue weighted by molar-refractivity contribution is -0.116. The standard InChI is InChI=1S/C24H29N3O2S/c1-29-18-11-9-17(10-12-18)21-7-5-14-27(21)15-13-23(28)26-24-20(16-25)19-6-3-2-4-8-22(19)30-24/h9-12,21H,2-8,13-15H2,1H3,(H,26,28). The van der Waals surface area contributed by atoms with E-state index in [1.807, 2.05) is 12.1 Å². The molecule has 1 atom stereocenters. The Morgan fingerprint density at radius 3 is 2.80 bits per heavy atom. The van der Waals surface area contributed by atoms with E-state index in [9.17, 15) is 10.1 Å². The molecule has 1 aliphatic heterocycles. The third kappa shape index (κ3) is 4.53. The van der Waals surface area contributed by atoms with Crippen LogP contribution in [0.4, 0.5) is 5.00 Å². The van der Waals surface area contributed by atoms with E-state index in [1.54, 1.807) is 18.4 Å². The third-order valence-electron chi connectivity index (χ3n) is 6.28. The Hall–Kier alpha value is -2.36. The highest BCUT2D eigenvalue weighted by Crippen LogP contribution is 2.37. The maximum absolute atomic E-state index is 12.7. The summed E-state index contributed by atoms with van der Waals surface area (Å²) in [5, 5.41) is 13.5. The monoisotopic (exact) mass is 423 g/mol. The number of likely N-dealkylation sites (tertiary alicyclic amines) is 1. The van der Waals surface area contributed by atoms with Crippen LogP contribution in [0.15, 0.2) is 24.3 Å². The van der Waals surface area contributed by atoms with Gasteiger partial charge >= 0.3 is 0 Å². The first-order valence-electron chi connectivity index (χ1n) is 10.9. The molecule has 2 aromatic rings. The average Bonchev–Trinajstić information content (AvgIpc) is 3.29. The Kier molecular flexibility index (Phi) is 6.71. The highest BCUT2D eigenvalue weighted by atomic mass is 32.1. The summed E-state index contributed by atoms with van der Waals surface area (Å²) in [6.07, 6.45) is 8.22. The van der Waals surface area contributed by atoms with Crippen molar-refractivity contribution >= 4 is 22.2 Å². The van der Waals surface area contributed by atoms with Crippen molar-refractivity contribution in [1.29, 1.82) is 5.26 Å². The molecule has 6 heteroatoms. The summed E-state index contributed by atoms with van der Waals surface area (Å²) in [6, 6.07) is 11.0. The number of carbonyl (C=O) groups is 1. The largest absolute Gasteiger partial charge is 0.497 e. The first-order valence-corrected chi connectivity index (χ1v) is 11.7. The number of aryl methyl sites for hydroxylation is 1. The summed E-state index contributed by atoms with van der Waals surface area (Å²) in [6.45, 7) is 1.75. The molecule has 1 aliphatic carbocycles. The van der Waals surface area contributed by atoms with E-state index in [0.717, 1.165) is 55.9 Å². The molecule has 1 aromatic heterocycles. The molecule has 1 amide bonds. The fraction of sp³-hybridized carbons (Fsp3) is 0.500. The quantitative estimate of drug-likeness (QED) is 0.659. The van der Waals surface area contributed by atoms with Crippen LogP contribution < -0.4 is 10.1 Å². The fourth-order valence-corrected chi connectivity index (χ4v) is 5.94. The van der Waals surface area contributed by atoms with Gasteiger partial charge in [-0.05, 0) is 68.3 Å². The molecule has 30 heavy (non-hydrogen) atoms. The van der Waals surface area contributed by atoms with Crippen molar-refractivity contribution < 1.29 is 9.53 Å². The Morgan fingerprint density at radius 1 is 1.23 bits per heavy atom. The zero-order valence-electron chi connectivity index (χ0n) is 17.6. The van der Waals surface area contributed by atoms with Gasteiger partial charge in [0.15, 0.2) is 0 Å². The van der Waals surface area contributed by atoms with Gasteiger partial charge in [0.2, 0.25) is 5.91 Å². The molecule has 0 bridgehead atoms. The van der Waals surface area contributed by atoms with Crippen LogP contribution in [0.1, 0.15) is 66.1 Å². The lowest BCUT2D eigenvalue weighted by Crippen LogP contribution is -2.27. The van der Waals surface area contributed by atoms with E-state index in [0.29, 0.717) is 18.0 Å². The number of benzene rings is 1. The normalized spacial score (nSPS) is 19.0. The Morgan fingerprint density at radius 2 is 2.03 bits per heavy atom. The SMILES string of the molecule is COc1ccc(C2CCCN2CCC(=O)Nc2sc3c(c2C#N)CCCCC3)cc1. The lowest BCUT2D eigenvalue weighted by Gasteiger charge is -2.24. The molecule has 0 radical (unpaired) electrons. The van der Waals surface area contributed by atoms with Crippen LogP contribution in [-0.4, -0.2) is 31.0 Å². The maximum Gasteiger partial charge on any atom is 0.226 e. The van der Waals surface area contributed by atoms with Crippen molar-refractivity contribution in [2.45, 2.75) is 57.4 Å². The number of carbonyl (C=O) groups excluding carboxylic acids is 1. The van der Waals surface area contributed by atoms with Gasteiger partial charge in [-0.3, -0.25) is 9.69 Å². The van der Waals surface area contributed by atoms with Crippen LogP contribution in [0.2, 0.25) is 0 Å². The van der Waals surface area contributed by atoms with E-state index in [1.165, 1.54) is 28.8 Å². The first kappa shape index (κ1) is 20.9. The summed E-state index contributed by atoms with van der Waals surface area (Å²) in [4.78, 5) is 16.4. The van der Waals surface area contributed by atoms with Crippen LogP contribution in [-0.2, 0) is 17.6 Å². The van der Waals surface area contributed by atoms with Gasteiger partial charge in [0.05, 0.1) is 12.7 Å². The molecular weight excluding hydrogens is 394 g/mol. The molecule has 0 saturated carbocycles. The number of anilines is 1. The van der Waals surface area contributed by atoms with Gasteiger partial charge in [-0.2, -0.15) is 5.26 Å². The van der Waals surface area contributed by atoms with Crippen molar-refractivity contribution in [1.82, 2.24) is 4.90 Å². The molecular formula is C24H29N3O2S. The molecule has 1 fully saturated rings. The van der Waals surface area contributed by atoms with Gasteiger partial charge in [-0.1, -0.05) is 18.6 Å². The molecule has 0 spiro atoms. The van der Waals surface area contributed by atoms with E-state index in [4.69, 9.17) is 4.74 Å². The lowest BCUT2D eigenvalue weighted by atomic mass is 10.0. The van der Waals surface area contributed by atoms with Gasteiger partial charge in [0.25, 0.3) is 0 Å². The molecule has 2 heterocycles. The number of fused-ring (bicyclic) bond motifs is 1. The molecule has 1 saturated heterocycles. The van der Waals surface area contributed by atoms with Crippen molar-refractivity contribution in [2.75, 3.05) is 25.5 Å². The summed E-state index contributed by atoms with van der Waals surface area (Å²) < 4.78 is 5.26. The van der Waals surface area contributed by atoms with Crippen LogP contribution in [0.5, 0.6) is 5.75 Å². The summed E-state index contributed by atoms with van der Waals surface area (Å²) in [5.41, 5.74) is 3.15. The summed E-state index contributed by atoms with van der Waals surface area (Å²) in [5.74, 6) is 0.869. The summed E-state index contributed by atoms with van der Waals surface area (Å²) in [7, 11) is 1.68. The number of methoxy groups -OCH3 is 1. The number of nitriles is 1. The smallest absolute Gasteiger partial charge is 0.226 e. The Labute approximate surface area is 182 Å². The zero-order valence-corrected chi connectivity index (χ0v) is 18.4. The number of nitrogens with one attached hydrogen (secondary N) is 1. The van der Waals surface area contributed by atoms with E-state index >= 15 is 0 Å². The van der Waals surface area contributed by atoms with Gasteiger partial charge in [-0.25, -0.2) is 0 Å². The molecule has 5 nitrogen and oxygen atoms in total. The molecule has 1 unspecified atom stereocenters. The zero-order chi connectivity index (χ0) is 20.9. The number of hydrogen-bond donors (Lipinski definition) is 1. The highest BCUT2D eigenvalue weighted by Gasteiger charge is 2.27. The third-order valence-corrected chi connectivity index (χ3v) is 7.48. The highest BCUT2D eigenvalue weighted by molar-refractivity contribution is 7.16.